The molecule has 0 saturated carbocycles. The normalized spacial score (nSPS) is 20.0. The van der Waals surface area contributed by atoms with E-state index in [4.69, 9.17) is 4.74 Å². The number of nitrogens with zero attached hydrogens (tertiary/aromatic N) is 3. The quantitative estimate of drug-likeness (QED) is 0.377. The summed E-state index contributed by atoms with van der Waals surface area (Å²) in [6.45, 7) is 5.47. The summed E-state index contributed by atoms with van der Waals surface area (Å²) in [5, 5.41) is 6.82. The van der Waals surface area contributed by atoms with Gasteiger partial charge in [-0.3, -0.25) is 4.99 Å². The predicted molar refractivity (Wildman–Crippen MR) is 120 cm³/mol. The molecule has 0 aliphatic carbocycles. The van der Waals surface area contributed by atoms with Crippen molar-refractivity contribution in [3.05, 3.63) is 54.1 Å². The van der Waals surface area contributed by atoms with Crippen molar-refractivity contribution in [2.45, 2.75) is 32.4 Å². The number of imidazole rings is 1. The van der Waals surface area contributed by atoms with Crippen LogP contribution in [0.1, 0.15) is 30.1 Å². The summed E-state index contributed by atoms with van der Waals surface area (Å²) in [5.41, 5.74) is 2.55. The molecule has 0 spiro atoms. The molecule has 1 aromatic heterocycles. The topological polar surface area (TPSA) is 63.5 Å². The van der Waals surface area contributed by atoms with Crippen molar-refractivity contribution >= 4 is 29.9 Å². The maximum Gasteiger partial charge on any atom is 0.191 e. The van der Waals surface area contributed by atoms with E-state index < -0.39 is 0 Å². The third-order valence-corrected chi connectivity index (χ3v) is 4.83. The molecule has 7 heteroatoms. The molecule has 27 heavy (non-hydrogen) atoms. The van der Waals surface area contributed by atoms with Gasteiger partial charge in [-0.15, -0.1) is 24.0 Å². The maximum atomic E-state index is 6.10. The van der Waals surface area contributed by atoms with Gasteiger partial charge in [0.25, 0.3) is 0 Å². The van der Waals surface area contributed by atoms with Gasteiger partial charge in [0, 0.05) is 51.6 Å². The summed E-state index contributed by atoms with van der Waals surface area (Å²) in [4.78, 5) is 8.38. The number of aryl methyl sites for hydroxylation is 1. The van der Waals surface area contributed by atoms with E-state index in [1.165, 1.54) is 11.1 Å². The summed E-state index contributed by atoms with van der Waals surface area (Å²) in [6, 6.07) is 8.70. The Morgan fingerprint density at radius 3 is 2.81 bits per heavy atom. The molecule has 2 heterocycles. The highest BCUT2D eigenvalue weighted by atomic mass is 127. The van der Waals surface area contributed by atoms with Crippen molar-refractivity contribution in [2.24, 2.45) is 10.9 Å². The second kappa shape index (κ2) is 11.3. The zero-order valence-electron chi connectivity index (χ0n) is 16.1. The average molecular weight is 483 g/mol. The average Bonchev–Trinajstić information content (AvgIpc) is 3.19. The van der Waals surface area contributed by atoms with Crippen LogP contribution in [-0.4, -0.2) is 42.3 Å². The van der Waals surface area contributed by atoms with Gasteiger partial charge < -0.3 is 19.9 Å². The molecule has 1 aliphatic heterocycles. The molecule has 1 aromatic carbocycles. The fraction of sp³-hybridized carbons (Fsp3) is 0.500. The number of aliphatic imine (C=N–C) groups is 1. The molecule has 0 amide bonds. The number of ether oxygens (including phenoxy) is 1. The number of guanidine groups is 1. The smallest absolute Gasteiger partial charge is 0.191 e. The van der Waals surface area contributed by atoms with Crippen molar-refractivity contribution in [1.29, 1.82) is 0 Å². The van der Waals surface area contributed by atoms with Crippen LogP contribution < -0.4 is 10.6 Å². The Kier molecular flexibility index (Phi) is 9.06. The molecule has 0 bridgehead atoms. The molecule has 1 aliphatic rings. The van der Waals surface area contributed by atoms with Crippen molar-refractivity contribution in [3.63, 3.8) is 0 Å². The minimum absolute atomic E-state index is 0. The Hall–Kier alpha value is -1.61. The Balaban J connectivity index is 0.00000261. The SMILES string of the molecule is CN=C(NCCn1ccnc1)NCC1CCCOC1c1ccc(C)cc1.I. The third kappa shape index (κ3) is 6.49. The summed E-state index contributed by atoms with van der Waals surface area (Å²) in [5.74, 6) is 1.27. The van der Waals surface area contributed by atoms with Crippen LogP contribution in [0.3, 0.4) is 0 Å². The highest BCUT2D eigenvalue weighted by Crippen LogP contribution is 2.33. The van der Waals surface area contributed by atoms with Gasteiger partial charge in [-0.25, -0.2) is 4.98 Å². The number of benzene rings is 1. The molecule has 3 rings (SSSR count). The Morgan fingerprint density at radius 1 is 1.30 bits per heavy atom. The monoisotopic (exact) mass is 483 g/mol. The van der Waals surface area contributed by atoms with E-state index in [2.05, 4.69) is 51.8 Å². The Morgan fingerprint density at radius 2 is 2.11 bits per heavy atom. The zero-order valence-corrected chi connectivity index (χ0v) is 18.4. The first kappa shape index (κ1) is 21.7. The molecule has 2 aromatic rings. The molecule has 2 unspecified atom stereocenters. The van der Waals surface area contributed by atoms with Crippen LogP contribution in [0.5, 0.6) is 0 Å². The summed E-state index contributed by atoms with van der Waals surface area (Å²) in [6.07, 6.45) is 8.01. The molecule has 1 fully saturated rings. The molecule has 2 N–H and O–H groups in total. The van der Waals surface area contributed by atoms with E-state index >= 15 is 0 Å². The third-order valence-electron chi connectivity index (χ3n) is 4.83. The standard InChI is InChI=1S/C20H29N5O.HI/c1-16-5-7-17(8-6-16)19-18(4-3-13-26-19)14-24-20(21-2)23-10-12-25-11-9-22-15-25;/h5-9,11,15,18-19H,3-4,10,12-14H2,1-2H3,(H2,21,23,24);1H. The fourth-order valence-electron chi connectivity index (χ4n) is 3.35. The lowest BCUT2D eigenvalue weighted by Gasteiger charge is -2.32. The van der Waals surface area contributed by atoms with Crippen molar-refractivity contribution in [3.8, 4) is 0 Å². The largest absolute Gasteiger partial charge is 0.373 e. The van der Waals surface area contributed by atoms with E-state index in [1.807, 2.05) is 17.1 Å². The maximum absolute atomic E-state index is 6.10. The number of halogens is 1. The number of rotatable bonds is 6. The van der Waals surface area contributed by atoms with E-state index in [9.17, 15) is 0 Å². The highest BCUT2D eigenvalue weighted by Gasteiger charge is 2.27. The predicted octanol–water partition coefficient (Wildman–Crippen LogP) is 3.14. The van der Waals surface area contributed by atoms with Gasteiger partial charge in [-0.2, -0.15) is 0 Å². The van der Waals surface area contributed by atoms with Crippen molar-refractivity contribution < 1.29 is 4.74 Å². The van der Waals surface area contributed by atoms with Gasteiger partial charge in [-0.1, -0.05) is 29.8 Å². The Labute approximate surface area is 178 Å². The lowest BCUT2D eigenvalue weighted by molar-refractivity contribution is -0.0265. The first-order valence-electron chi connectivity index (χ1n) is 9.34. The zero-order chi connectivity index (χ0) is 18.2. The lowest BCUT2D eigenvalue weighted by atomic mass is 9.89. The molecule has 1 saturated heterocycles. The molecular formula is C20H30IN5O. The molecule has 148 valence electrons. The van der Waals surface area contributed by atoms with Gasteiger partial charge in [0.15, 0.2) is 5.96 Å². The molecule has 0 radical (unpaired) electrons. The van der Waals surface area contributed by atoms with Crippen molar-refractivity contribution in [1.82, 2.24) is 20.2 Å². The molecular weight excluding hydrogens is 453 g/mol. The van der Waals surface area contributed by atoms with E-state index in [-0.39, 0.29) is 30.1 Å². The van der Waals surface area contributed by atoms with Gasteiger partial charge in [0.2, 0.25) is 0 Å². The van der Waals surface area contributed by atoms with Crippen LogP contribution in [-0.2, 0) is 11.3 Å². The van der Waals surface area contributed by atoms with Crippen LogP contribution in [0.15, 0.2) is 48.0 Å². The van der Waals surface area contributed by atoms with Crippen LogP contribution >= 0.6 is 24.0 Å². The first-order valence-corrected chi connectivity index (χ1v) is 9.34. The first-order chi connectivity index (χ1) is 12.8. The van der Waals surface area contributed by atoms with Crippen LogP contribution in [0.2, 0.25) is 0 Å². The van der Waals surface area contributed by atoms with E-state index in [1.54, 1.807) is 13.2 Å². The minimum Gasteiger partial charge on any atom is -0.373 e. The molecule has 2 atom stereocenters. The van der Waals surface area contributed by atoms with Gasteiger partial charge in [0.1, 0.15) is 0 Å². The Bertz CT molecular complexity index is 687. The second-order valence-corrected chi connectivity index (χ2v) is 6.78. The number of hydrogen-bond donors (Lipinski definition) is 2. The fourth-order valence-corrected chi connectivity index (χ4v) is 3.35. The van der Waals surface area contributed by atoms with Gasteiger partial charge in [-0.05, 0) is 25.3 Å². The lowest BCUT2D eigenvalue weighted by Crippen LogP contribution is -2.42. The van der Waals surface area contributed by atoms with E-state index in [0.717, 1.165) is 45.0 Å². The highest BCUT2D eigenvalue weighted by molar-refractivity contribution is 14.0. The van der Waals surface area contributed by atoms with Crippen molar-refractivity contribution in [2.75, 3.05) is 26.7 Å². The van der Waals surface area contributed by atoms with Gasteiger partial charge in [0.05, 0.1) is 12.4 Å². The van der Waals surface area contributed by atoms with E-state index in [0.29, 0.717) is 5.92 Å². The van der Waals surface area contributed by atoms with Crippen LogP contribution in [0, 0.1) is 12.8 Å². The second-order valence-electron chi connectivity index (χ2n) is 6.78. The number of hydrogen-bond acceptors (Lipinski definition) is 3. The summed E-state index contributed by atoms with van der Waals surface area (Å²) < 4.78 is 8.15. The molecule has 6 nitrogen and oxygen atoms in total. The number of nitrogens with one attached hydrogen (secondary N) is 2. The van der Waals surface area contributed by atoms with Crippen LogP contribution in [0.25, 0.3) is 0 Å². The minimum atomic E-state index is 0. The number of aromatic nitrogens is 2. The summed E-state index contributed by atoms with van der Waals surface area (Å²) >= 11 is 0. The van der Waals surface area contributed by atoms with Gasteiger partial charge >= 0.3 is 0 Å². The van der Waals surface area contributed by atoms with Crippen LogP contribution in [0.4, 0.5) is 0 Å². The summed E-state index contributed by atoms with van der Waals surface area (Å²) in [7, 11) is 1.81.